The van der Waals surface area contributed by atoms with Gasteiger partial charge < -0.3 is 10.1 Å². The Balaban J connectivity index is 1.84. The van der Waals surface area contributed by atoms with E-state index in [0.29, 0.717) is 32.7 Å². The lowest BCUT2D eigenvalue weighted by Gasteiger charge is -2.16. The zero-order chi connectivity index (χ0) is 21.3. The van der Waals surface area contributed by atoms with Crippen LogP contribution in [0.3, 0.4) is 0 Å². The van der Waals surface area contributed by atoms with E-state index in [9.17, 15) is 9.59 Å². The highest BCUT2D eigenvalue weighted by atomic mass is 35.5. The minimum absolute atomic E-state index is 0.140. The number of carbonyl (C=O) groups is 2. The molecule has 3 aromatic rings. The van der Waals surface area contributed by atoms with Crippen LogP contribution in [0.2, 0.25) is 10.0 Å². The van der Waals surface area contributed by atoms with E-state index in [1.807, 2.05) is 18.2 Å². The third-order valence-electron chi connectivity index (χ3n) is 4.65. The summed E-state index contributed by atoms with van der Waals surface area (Å²) in [5, 5.41) is 4.05. The van der Waals surface area contributed by atoms with Crippen molar-refractivity contribution < 1.29 is 14.3 Å². The first-order valence-corrected chi connectivity index (χ1v) is 9.80. The normalized spacial score (nSPS) is 13.8. The third-order valence-corrected chi connectivity index (χ3v) is 5.14. The summed E-state index contributed by atoms with van der Waals surface area (Å²) in [6, 6.07) is 20.5. The number of halogens is 2. The van der Waals surface area contributed by atoms with E-state index >= 15 is 0 Å². The molecule has 0 bridgehead atoms. The Hall–Kier alpha value is -3.28. The molecule has 0 saturated heterocycles. The molecule has 5 nitrogen and oxygen atoms in total. The van der Waals surface area contributed by atoms with Gasteiger partial charge >= 0.3 is 0 Å². The highest BCUT2D eigenvalue weighted by Crippen LogP contribution is 2.36. The fourth-order valence-corrected chi connectivity index (χ4v) is 3.55. The first kappa shape index (κ1) is 20.0. The number of hydrogen-bond acceptors (Lipinski definition) is 4. The van der Waals surface area contributed by atoms with Crippen LogP contribution in [-0.2, 0) is 9.59 Å². The Bertz CT molecular complexity index is 1160. The van der Waals surface area contributed by atoms with Gasteiger partial charge in [-0.05, 0) is 48.0 Å². The Morgan fingerprint density at radius 3 is 2.17 bits per heavy atom. The fourth-order valence-electron chi connectivity index (χ4n) is 3.26. The molecule has 0 saturated carbocycles. The van der Waals surface area contributed by atoms with Crippen molar-refractivity contribution >= 4 is 52.0 Å². The summed E-state index contributed by atoms with van der Waals surface area (Å²) in [5.74, 6) is -0.426. The predicted octanol–water partition coefficient (Wildman–Crippen LogP) is 5.40. The molecule has 0 atom stereocenters. The molecule has 0 aromatic heterocycles. The van der Waals surface area contributed by atoms with Crippen molar-refractivity contribution in [2.45, 2.75) is 0 Å². The van der Waals surface area contributed by atoms with Gasteiger partial charge in [-0.1, -0.05) is 53.5 Å². The van der Waals surface area contributed by atoms with Crippen molar-refractivity contribution in [2.75, 3.05) is 17.3 Å². The SMILES string of the molecule is COc1ccc(Cl)cc1NC1=C(c2ccccc2)C(=O)N(c2ccc(Cl)cc2)C1=O. The second-order valence-electron chi connectivity index (χ2n) is 6.51. The maximum Gasteiger partial charge on any atom is 0.282 e. The molecule has 2 amide bonds. The Labute approximate surface area is 183 Å². The molecular weight excluding hydrogens is 423 g/mol. The Kier molecular flexibility index (Phi) is 5.48. The van der Waals surface area contributed by atoms with Gasteiger partial charge in [0.25, 0.3) is 11.8 Å². The first-order valence-electron chi connectivity index (χ1n) is 9.04. The average Bonchev–Trinajstić information content (AvgIpc) is 2.99. The van der Waals surface area contributed by atoms with Gasteiger partial charge in [-0.15, -0.1) is 0 Å². The molecule has 1 N–H and O–H groups in total. The number of imide groups is 1. The standard InChI is InChI=1S/C23H16Cl2N2O3/c1-30-19-12-9-16(25)13-18(19)26-21-20(14-5-3-2-4-6-14)22(28)27(23(21)29)17-10-7-15(24)8-11-17/h2-13,26H,1H3. The minimum Gasteiger partial charge on any atom is -0.495 e. The van der Waals surface area contributed by atoms with Crippen molar-refractivity contribution in [3.8, 4) is 5.75 Å². The van der Waals surface area contributed by atoms with Crippen LogP contribution < -0.4 is 15.0 Å². The monoisotopic (exact) mass is 438 g/mol. The van der Waals surface area contributed by atoms with Gasteiger partial charge in [0, 0.05) is 10.0 Å². The van der Waals surface area contributed by atoms with Crippen LogP contribution in [0.1, 0.15) is 5.56 Å². The lowest BCUT2D eigenvalue weighted by atomic mass is 10.0. The first-order chi connectivity index (χ1) is 14.5. The number of rotatable bonds is 5. The van der Waals surface area contributed by atoms with Crippen molar-refractivity contribution in [2.24, 2.45) is 0 Å². The summed E-state index contributed by atoms with van der Waals surface area (Å²) in [6.45, 7) is 0. The summed E-state index contributed by atoms with van der Waals surface area (Å²) in [4.78, 5) is 27.8. The number of hydrogen-bond donors (Lipinski definition) is 1. The number of nitrogens with one attached hydrogen (secondary N) is 1. The summed E-state index contributed by atoms with van der Waals surface area (Å²) < 4.78 is 5.37. The summed E-state index contributed by atoms with van der Waals surface area (Å²) in [5.41, 5.74) is 1.93. The van der Waals surface area contributed by atoms with E-state index in [0.717, 1.165) is 4.90 Å². The summed E-state index contributed by atoms with van der Waals surface area (Å²) in [7, 11) is 1.52. The quantitative estimate of drug-likeness (QED) is 0.541. The molecule has 30 heavy (non-hydrogen) atoms. The number of benzene rings is 3. The van der Waals surface area contributed by atoms with Gasteiger partial charge in [-0.25, -0.2) is 4.90 Å². The highest BCUT2D eigenvalue weighted by molar-refractivity contribution is 6.46. The maximum atomic E-state index is 13.4. The number of anilines is 2. The lowest BCUT2D eigenvalue weighted by Crippen LogP contribution is -2.32. The van der Waals surface area contributed by atoms with E-state index in [2.05, 4.69) is 5.32 Å². The maximum absolute atomic E-state index is 13.4. The second-order valence-corrected chi connectivity index (χ2v) is 7.38. The van der Waals surface area contributed by atoms with E-state index in [1.165, 1.54) is 7.11 Å². The number of amides is 2. The van der Waals surface area contributed by atoms with Crippen molar-refractivity contribution in [3.05, 3.63) is 94.1 Å². The van der Waals surface area contributed by atoms with Crippen LogP contribution >= 0.6 is 23.2 Å². The van der Waals surface area contributed by atoms with Crippen LogP contribution in [-0.4, -0.2) is 18.9 Å². The third kappa shape index (κ3) is 3.65. The summed E-state index contributed by atoms with van der Waals surface area (Å²) in [6.07, 6.45) is 0. The van der Waals surface area contributed by atoms with Gasteiger partial charge in [0.15, 0.2) is 0 Å². The van der Waals surface area contributed by atoms with E-state index in [1.54, 1.807) is 54.6 Å². The zero-order valence-electron chi connectivity index (χ0n) is 15.9. The van der Waals surface area contributed by atoms with E-state index in [4.69, 9.17) is 27.9 Å². The predicted molar refractivity (Wildman–Crippen MR) is 119 cm³/mol. The highest BCUT2D eigenvalue weighted by Gasteiger charge is 2.40. The topological polar surface area (TPSA) is 58.6 Å². The number of methoxy groups -OCH3 is 1. The van der Waals surface area contributed by atoms with Crippen LogP contribution in [0.25, 0.3) is 5.57 Å². The molecule has 4 rings (SSSR count). The number of ether oxygens (including phenoxy) is 1. The largest absolute Gasteiger partial charge is 0.495 e. The van der Waals surface area contributed by atoms with Crippen molar-refractivity contribution in [1.29, 1.82) is 0 Å². The lowest BCUT2D eigenvalue weighted by molar-refractivity contribution is -0.120. The molecule has 0 radical (unpaired) electrons. The smallest absolute Gasteiger partial charge is 0.282 e. The van der Waals surface area contributed by atoms with Gasteiger partial charge in [-0.3, -0.25) is 9.59 Å². The molecular formula is C23H16Cl2N2O3. The average molecular weight is 439 g/mol. The molecule has 150 valence electrons. The van der Waals surface area contributed by atoms with Gasteiger partial charge in [-0.2, -0.15) is 0 Å². The molecule has 3 aromatic carbocycles. The molecule has 1 aliphatic heterocycles. The van der Waals surface area contributed by atoms with Gasteiger partial charge in [0.1, 0.15) is 11.4 Å². The number of nitrogens with zero attached hydrogens (tertiary/aromatic N) is 1. The molecule has 0 aliphatic carbocycles. The Morgan fingerprint density at radius 1 is 0.833 bits per heavy atom. The van der Waals surface area contributed by atoms with Crippen LogP contribution in [0.4, 0.5) is 11.4 Å². The minimum atomic E-state index is -0.483. The Morgan fingerprint density at radius 2 is 1.50 bits per heavy atom. The summed E-state index contributed by atoms with van der Waals surface area (Å²) >= 11 is 12.1. The van der Waals surface area contributed by atoms with Gasteiger partial charge in [0.05, 0.1) is 24.1 Å². The van der Waals surface area contributed by atoms with Crippen molar-refractivity contribution in [3.63, 3.8) is 0 Å². The second kappa shape index (κ2) is 8.22. The fraction of sp³-hybridized carbons (Fsp3) is 0.0435. The molecule has 0 fully saturated rings. The molecule has 0 spiro atoms. The zero-order valence-corrected chi connectivity index (χ0v) is 17.4. The van der Waals surface area contributed by atoms with Gasteiger partial charge in [0.2, 0.25) is 0 Å². The number of carbonyl (C=O) groups excluding carboxylic acids is 2. The molecule has 0 unspecified atom stereocenters. The van der Waals surface area contributed by atoms with Crippen LogP contribution in [0.5, 0.6) is 5.75 Å². The van der Waals surface area contributed by atoms with Crippen LogP contribution in [0.15, 0.2) is 78.5 Å². The molecule has 1 aliphatic rings. The molecule has 7 heteroatoms. The van der Waals surface area contributed by atoms with Crippen LogP contribution in [0, 0.1) is 0 Å². The molecule has 1 heterocycles. The van der Waals surface area contributed by atoms with E-state index < -0.39 is 11.8 Å². The van der Waals surface area contributed by atoms with Crippen molar-refractivity contribution in [1.82, 2.24) is 0 Å². The van der Waals surface area contributed by atoms with E-state index in [-0.39, 0.29) is 11.3 Å².